The number of benzene rings is 2. The van der Waals surface area contributed by atoms with Gasteiger partial charge in [0.15, 0.2) is 11.3 Å². The van der Waals surface area contributed by atoms with Gasteiger partial charge >= 0.3 is 0 Å². The van der Waals surface area contributed by atoms with Gasteiger partial charge in [-0.15, -0.1) is 0 Å². The van der Waals surface area contributed by atoms with Crippen LogP contribution in [0.25, 0.3) is 16.9 Å². The molecule has 0 spiro atoms. The monoisotopic (exact) mass is 356 g/mol. The Balaban J connectivity index is 1.67. The summed E-state index contributed by atoms with van der Waals surface area (Å²) >= 11 is 0. The van der Waals surface area contributed by atoms with E-state index >= 15 is 0 Å². The standard InChI is InChI=1S/C22H20N4O/c1-14-9-10-18(11-15(14)2)23-22(27)20-13-21-24-19(12-16(3)26(21)25-20)17-7-5-4-6-8-17/h4-13H,1-3H3,(H,23,27). The van der Waals surface area contributed by atoms with Gasteiger partial charge in [-0.05, 0) is 50.1 Å². The van der Waals surface area contributed by atoms with E-state index in [1.807, 2.05) is 75.4 Å². The summed E-state index contributed by atoms with van der Waals surface area (Å²) in [5.41, 5.74) is 6.89. The minimum absolute atomic E-state index is 0.246. The van der Waals surface area contributed by atoms with Crippen LogP contribution in [0.4, 0.5) is 5.69 Å². The molecule has 0 saturated carbocycles. The van der Waals surface area contributed by atoms with Crippen LogP contribution in [0.2, 0.25) is 0 Å². The highest BCUT2D eigenvalue weighted by atomic mass is 16.1. The molecule has 0 unspecified atom stereocenters. The second kappa shape index (κ2) is 6.68. The van der Waals surface area contributed by atoms with E-state index in [0.29, 0.717) is 11.3 Å². The van der Waals surface area contributed by atoms with Crippen molar-refractivity contribution in [3.63, 3.8) is 0 Å². The first kappa shape index (κ1) is 17.0. The molecule has 5 heteroatoms. The summed E-state index contributed by atoms with van der Waals surface area (Å²) in [5.74, 6) is -0.246. The Kier molecular flexibility index (Phi) is 4.20. The summed E-state index contributed by atoms with van der Waals surface area (Å²) in [6.07, 6.45) is 0. The van der Waals surface area contributed by atoms with Crippen LogP contribution in [0, 0.1) is 20.8 Å². The van der Waals surface area contributed by atoms with Crippen LogP contribution in [-0.4, -0.2) is 20.5 Å². The highest BCUT2D eigenvalue weighted by Crippen LogP contribution is 2.20. The SMILES string of the molecule is Cc1ccc(NC(=O)c2cc3nc(-c4ccccc4)cc(C)n3n2)cc1C. The smallest absolute Gasteiger partial charge is 0.276 e. The fourth-order valence-electron chi connectivity index (χ4n) is 3.01. The van der Waals surface area contributed by atoms with Gasteiger partial charge in [0.25, 0.3) is 5.91 Å². The van der Waals surface area contributed by atoms with Crippen molar-refractivity contribution in [3.05, 3.63) is 83.2 Å². The molecular formula is C22H20N4O. The van der Waals surface area contributed by atoms with E-state index in [1.54, 1.807) is 10.6 Å². The molecule has 5 nitrogen and oxygen atoms in total. The molecule has 1 amide bonds. The predicted molar refractivity (Wildman–Crippen MR) is 107 cm³/mol. The Bertz CT molecular complexity index is 1150. The fraction of sp³-hybridized carbons (Fsp3) is 0.136. The van der Waals surface area contributed by atoms with E-state index < -0.39 is 0 Å². The van der Waals surface area contributed by atoms with Crippen LogP contribution < -0.4 is 5.32 Å². The molecule has 4 rings (SSSR count). The maximum atomic E-state index is 12.6. The first-order chi connectivity index (χ1) is 13.0. The van der Waals surface area contributed by atoms with Crippen LogP contribution in [0.5, 0.6) is 0 Å². The van der Waals surface area contributed by atoms with Gasteiger partial charge in [-0.1, -0.05) is 36.4 Å². The second-order valence-electron chi connectivity index (χ2n) is 6.70. The van der Waals surface area contributed by atoms with E-state index in [9.17, 15) is 4.79 Å². The van der Waals surface area contributed by atoms with Crippen LogP contribution in [0.15, 0.2) is 60.7 Å². The lowest BCUT2D eigenvalue weighted by atomic mass is 10.1. The topological polar surface area (TPSA) is 59.3 Å². The molecule has 2 aromatic carbocycles. The molecule has 0 aliphatic heterocycles. The van der Waals surface area contributed by atoms with Gasteiger partial charge in [0.1, 0.15) is 0 Å². The number of aryl methyl sites for hydroxylation is 3. The Hall–Kier alpha value is -3.47. The summed E-state index contributed by atoms with van der Waals surface area (Å²) in [4.78, 5) is 17.3. The van der Waals surface area contributed by atoms with Crippen LogP contribution in [0.1, 0.15) is 27.3 Å². The molecule has 0 radical (unpaired) electrons. The van der Waals surface area contributed by atoms with Gasteiger partial charge in [-0.25, -0.2) is 9.50 Å². The first-order valence-electron chi connectivity index (χ1n) is 8.83. The molecular weight excluding hydrogens is 336 g/mol. The van der Waals surface area contributed by atoms with Gasteiger partial charge in [0.2, 0.25) is 0 Å². The van der Waals surface area contributed by atoms with Crippen molar-refractivity contribution in [2.45, 2.75) is 20.8 Å². The molecule has 0 aliphatic carbocycles. The second-order valence-corrected chi connectivity index (χ2v) is 6.70. The van der Waals surface area contributed by atoms with Crippen molar-refractivity contribution in [2.75, 3.05) is 5.32 Å². The van der Waals surface area contributed by atoms with Crippen molar-refractivity contribution >= 4 is 17.2 Å². The van der Waals surface area contributed by atoms with Gasteiger partial charge in [0, 0.05) is 23.0 Å². The van der Waals surface area contributed by atoms with E-state index in [2.05, 4.69) is 15.4 Å². The lowest BCUT2D eigenvalue weighted by Gasteiger charge is -2.06. The summed E-state index contributed by atoms with van der Waals surface area (Å²) in [6.45, 7) is 6.02. The number of fused-ring (bicyclic) bond motifs is 1. The van der Waals surface area contributed by atoms with Gasteiger partial charge < -0.3 is 5.32 Å². The number of amides is 1. The number of anilines is 1. The number of aromatic nitrogens is 3. The third-order valence-corrected chi connectivity index (χ3v) is 4.67. The van der Waals surface area contributed by atoms with Crippen molar-refractivity contribution in [2.24, 2.45) is 0 Å². The summed E-state index contributed by atoms with van der Waals surface area (Å²) in [5, 5.41) is 7.34. The average Bonchev–Trinajstić information content (AvgIpc) is 3.10. The van der Waals surface area contributed by atoms with Crippen LogP contribution in [0.3, 0.4) is 0 Å². The molecule has 0 atom stereocenters. The van der Waals surface area contributed by atoms with E-state index in [1.165, 1.54) is 5.56 Å². The van der Waals surface area contributed by atoms with Gasteiger partial charge in [-0.2, -0.15) is 5.10 Å². The third-order valence-electron chi connectivity index (χ3n) is 4.67. The van der Waals surface area contributed by atoms with Crippen molar-refractivity contribution in [3.8, 4) is 11.3 Å². The van der Waals surface area contributed by atoms with Crippen molar-refractivity contribution in [1.82, 2.24) is 14.6 Å². The quantitative estimate of drug-likeness (QED) is 0.585. The Labute approximate surface area is 157 Å². The summed E-state index contributed by atoms with van der Waals surface area (Å²) < 4.78 is 1.70. The van der Waals surface area contributed by atoms with E-state index in [-0.39, 0.29) is 5.91 Å². The Morgan fingerprint density at radius 2 is 1.70 bits per heavy atom. The van der Waals surface area contributed by atoms with Crippen LogP contribution in [-0.2, 0) is 0 Å². The number of carbonyl (C=O) groups excluding carboxylic acids is 1. The van der Waals surface area contributed by atoms with Crippen molar-refractivity contribution in [1.29, 1.82) is 0 Å². The van der Waals surface area contributed by atoms with Crippen molar-refractivity contribution < 1.29 is 4.79 Å². The van der Waals surface area contributed by atoms with Gasteiger partial charge in [0.05, 0.1) is 5.69 Å². The lowest BCUT2D eigenvalue weighted by molar-refractivity contribution is 0.102. The highest BCUT2D eigenvalue weighted by molar-refractivity contribution is 6.03. The minimum Gasteiger partial charge on any atom is -0.321 e. The number of nitrogens with zero attached hydrogens (tertiary/aromatic N) is 3. The molecule has 0 fully saturated rings. The maximum absolute atomic E-state index is 12.6. The molecule has 2 heterocycles. The molecule has 4 aromatic rings. The Morgan fingerprint density at radius 3 is 2.44 bits per heavy atom. The lowest BCUT2D eigenvalue weighted by Crippen LogP contribution is -2.13. The predicted octanol–water partition coefficient (Wildman–Crippen LogP) is 4.57. The van der Waals surface area contributed by atoms with E-state index in [0.717, 1.165) is 28.2 Å². The minimum atomic E-state index is -0.246. The maximum Gasteiger partial charge on any atom is 0.276 e. The molecule has 27 heavy (non-hydrogen) atoms. The molecule has 134 valence electrons. The zero-order valence-electron chi connectivity index (χ0n) is 15.5. The largest absolute Gasteiger partial charge is 0.321 e. The molecule has 0 aliphatic rings. The zero-order valence-corrected chi connectivity index (χ0v) is 15.5. The Morgan fingerprint density at radius 1 is 0.926 bits per heavy atom. The summed E-state index contributed by atoms with van der Waals surface area (Å²) in [7, 11) is 0. The van der Waals surface area contributed by atoms with Crippen LogP contribution >= 0.6 is 0 Å². The normalized spacial score (nSPS) is 10.9. The number of hydrogen-bond acceptors (Lipinski definition) is 3. The highest BCUT2D eigenvalue weighted by Gasteiger charge is 2.14. The number of nitrogens with one attached hydrogen (secondary N) is 1. The molecule has 0 saturated heterocycles. The summed E-state index contributed by atoms with van der Waals surface area (Å²) in [6, 6.07) is 19.5. The third kappa shape index (κ3) is 3.31. The number of rotatable bonds is 3. The molecule has 0 bridgehead atoms. The van der Waals surface area contributed by atoms with Gasteiger partial charge in [-0.3, -0.25) is 4.79 Å². The number of hydrogen-bond donors (Lipinski definition) is 1. The fourth-order valence-corrected chi connectivity index (χ4v) is 3.01. The first-order valence-corrected chi connectivity index (χ1v) is 8.83. The zero-order chi connectivity index (χ0) is 19.0. The van der Waals surface area contributed by atoms with E-state index in [4.69, 9.17) is 0 Å². The average molecular weight is 356 g/mol. The molecule has 2 aromatic heterocycles. The number of carbonyl (C=O) groups is 1. The molecule has 1 N–H and O–H groups in total.